The molecule has 1 aliphatic rings. The van der Waals surface area contributed by atoms with E-state index in [4.69, 9.17) is 0 Å². The molecule has 0 aromatic heterocycles. The lowest BCUT2D eigenvalue weighted by molar-refractivity contribution is -0.143. The number of halogens is 4. The van der Waals surface area contributed by atoms with E-state index in [1.165, 1.54) is 4.90 Å². The van der Waals surface area contributed by atoms with E-state index >= 15 is 0 Å². The molecular formula is C17H27F3IN5O2S. The lowest BCUT2D eigenvalue weighted by Gasteiger charge is -2.19. The Morgan fingerprint density at radius 3 is 2.48 bits per heavy atom. The third-order valence-electron chi connectivity index (χ3n) is 4.28. The van der Waals surface area contributed by atoms with Gasteiger partial charge < -0.3 is 10.6 Å². The van der Waals surface area contributed by atoms with Crippen molar-refractivity contribution in [1.29, 1.82) is 0 Å². The van der Waals surface area contributed by atoms with Crippen LogP contribution in [0.1, 0.15) is 12.0 Å². The molecule has 1 fully saturated rings. The van der Waals surface area contributed by atoms with Gasteiger partial charge in [0.25, 0.3) is 0 Å². The monoisotopic (exact) mass is 549 g/mol. The summed E-state index contributed by atoms with van der Waals surface area (Å²) < 4.78 is 64.3. The van der Waals surface area contributed by atoms with Gasteiger partial charge in [0, 0.05) is 39.3 Å². The van der Waals surface area contributed by atoms with Gasteiger partial charge in [-0.1, -0.05) is 17.7 Å². The number of aliphatic imine (C=N–C) groups is 1. The van der Waals surface area contributed by atoms with E-state index in [1.807, 2.05) is 6.92 Å². The Kier molecular flexibility index (Phi) is 10.1. The Morgan fingerprint density at radius 1 is 1.24 bits per heavy atom. The fourth-order valence-corrected chi connectivity index (χ4v) is 3.93. The van der Waals surface area contributed by atoms with Crippen molar-refractivity contribution in [1.82, 2.24) is 20.3 Å². The fraction of sp³-hybridized carbons (Fsp3) is 0.588. The van der Waals surface area contributed by atoms with Crippen molar-refractivity contribution < 1.29 is 21.6 Å². The quantitative estimate of drug-likeness (QED) is 0.209. The number of sulfonamides is 1. The topological polar surface area (TPSA) is 85.8 Å². The maximum Gasteiger partial charge on any atom is 0.401 e. The van der Waals surface area contributed by atoms with Gasteiger partial charge in [0.1, 0.15) is 0 Å². The summed E-state index contributed by atoms with van der Waals surface area (Å²) in [6.07, 6.45) is -3.62. The Morgan fingerprint density at radius 2 is 1.90 bits per heavy atom. The minimum atomic E-state index is -4.20. The molecule has 1 heterocycles. The van der Waals surface area contributed by atoms with Gasteiger partial charge in [-0.3, -0.25) is 9.89 Å². The van der Waals surface area contributed by atoms with Crippen LogP contribution in [0.2, 0.25) is 0 Å². The molecule has 29 heavy (non-hydrogen) atoms. The Hall–Kier alpha value is -1.12. The highest BCUT2D eigenvalue weighted by Gasteiger charge is 2.34. The molecule has 1 saturated heterocycles. The highest BCUT2D eigenvalue weighted by atomic mass is 127. The van der Waals surface area contributed by atoms with Crippen LogP contribution in [-0.2, 0) is 10.0 Å². The summed E-state index contributed by atoms with van der Waals surface area (Å²) in [7, 11) is -2.04. The lowest BCUT2D eigenvalue weighted by Crippen LogP contribution is -2.47. The van der Waals surface area contributed by atoms with Crippen molar-refractivity contribution in [2.75, 3.05) is 39.8 Å². The summed E-state index contributed by atoms with van der Waals surface area (Å²) >= 11 is 0. The van der Waals surface area contributed by atoms with Crippen molar-refractivity contribution in [3.05, 3.63) is 29.8 Å². The molecule has 1 atom stereocenters. The molecule has 166 valence electrons. The number of hydrogen-bond donors (Lipinski definition) is 3. The van der Waals surface area contributed by atoms with E-state index in [9.17, 15) is 21.6 Å². The number of rotatable bonds is 7. The predicted octanol–water partition coefficient (Wildman–Crippen LogP) is 1.69. The molecule has 1 aliphatic heterocycles. The van der Waals surface area contributed by atoms with Gasteiger partial charge in [0.15, 0.2) is 5.96 Å². The van der Waals surface area contributed by atoms with Gasteiger partial charge >= 0.3 is 6.18 Å². The van der Waals surface area contributed by atoms with Crippen LogP contribution in [0, 0.1) is 6.92 Å². The van der Waals surface area contributed by atoms with Gasteiger partial charge in [0.2, 0.25) is 10.0 Å². The van der Waals surface area contributed by atoms with Crippen molar-refractivity contribution in [2.24, 2.45) is 4.99 Å². The number of nitrogens with zero attached hydrogens (tertiary/aromatic N) is 2. The molecule has 0 saturated carbocycles. The SMILES string of the molecule is CN=C(NCCNS(=O)(=O)c1ccc(C)cc1)NC1CCN(CC(F)(F)F)C1.I. The molecule has 1 unspecified atom stereocenters. The molecule has 0 radical (unpaired) electrons. The summed E-state index contributed by atoms with van der Waals surface area (Å²) in [5.74, 6) is 0.424. The van der Waals surface area contributed by atoms with Gasteiger partial charge in [-0.15, -0.1) is 24.0 Å². The highest BCUT2D eigenvalue weighted by molar-refractivity contribution is 14.0. The molecule has 12 heteroatoms. The van der Waals surface area contributed by atoms with Crippen LogP contribution in [0.25, 0.3) is 0 Å². The van der Waals surface area contributed by atoms with Crippen LogP contribution in [0.3, 0.4) is 0 Å². The zero-order valence-electron chi connectivity index (χ0n) is 16.3. The summed E-state index contributed by atoms with van der Waals surface area (Å²) in [5.41, 5.74) is 0.969. The van der Waals surface area contributed by atoms with Gasteiger partial charge in [-0.05, 0) is 25.5 Å². The summed E-state index contributed by atoms with van der Waals surface area (Å²) in [6.45, 7) is 2.02. The van der Waals surface area contributed by atoms with E-state index in [0.717, 1.165) is 5.56 Å². The summed E-state index contributed by atoms with van der Waals surface area (Å²) in [5, 5.41) is 6.03. The van der Waals surface area contributed by atoms with Crippen LogP contribution in [0.15, 0.2) is 34.2 Å². The molecule has 0 bridgehead atoms. The van der Waals surface area contributed by atoms with Crippen LogP contribution in [-0.4, -0.2) is 71.3 Å². The number of benzene rings is 1. The molecule has 1 aromatic carbocycles. The number of alkyl halides is 3. The zero-order valence-corrected chi connectivity index (χ0v) is 19.4. The smallest absolute Gasteiger partial charge is 0.355 e. The number of likely N-dealkylation sites (tertiary alicyclic amines) is 1. The fourth-order valence-electron chi connectivity index (χ4n) is 2.90. The maximum atomic E-state index is 12.5. The largest absolute Gasteiger partial charge is 0.401 e. The minimum Gasteiger partial charge on any atom is -0.355 e. The van der Waals surface area contributed by atoms with Crippen molar-refractivity contribution >= 4 is 40.0 Å². The second kappa shape index (κ2) is 11.3. The van der Waals surface area contributed by atoms with E-state index < -0.39 is 22.7 Å². The molecular weight excluding hydrogens is 522 g/mol. The predicted molar refractivity (Wildman–Crippen MR) is 117 cm³/mol. The van der Waals surface area contributed by atoms with Crippen LogP contribution in [0.4, 0.5) is 13.2 Å². The molecule has 0 amide bonds. The molecule has 0 aliphatic carbocycles. The standard InChI is InChI=1S/C17H26F3N5O2S.HI/c1-13-3-5-15(6-4-13)28(26,27)23-9-8-22-16(21-2)24-14-7-10-25(11-14)12-17(18,19)20;/h3-6,14,23H,7-12H2,1-2H3,(H2,21,22,24);1H. The van der Waals surface area contributed by atoms with Crippen molar-refractivity contribution in [2.45, 2.75) is 30.5 Å². The van der Waals surface area contributed by atoms with E-state index in [0.29, 0.717) is 18.9 Å². The third kappa shape index (κ3) is 9.05. The molecule has 7 nitrogen and oxygen atoms in total. The Balaban J connectivity index is 0.00000420. The highest BCUT2D eigenvalue weighted by Crippen LogP contribution is 2.19. The average molecular weight is 549 g/mol. The molecule has 1 aromatic rings. The van der Waals surface area contributed by atoms with Crippen LogP contribution >= 0.6 is 24.0 Å². The molecule has 0 spiro atoms. The Bertz CT molecular complexity index is 772. The van der Waals surface area contributed by atoms with E-state index in [2.05, 4.69) is 20.3 Å². The van der Waals surface area contributed by atoms with Crippen molar-refractivity contribution in [3.8, 4) is 0 Å². The first-order valence-electron chi connectivity index (χ1n) is 8.92. The van der Waals surface area contributed by atoms with E-state index in [-0.39, 0.29) is 54.5 Å². The van der Waals surface area contributed by atoms with Crippen molar-refractivity contribution in [3.63, 3.8) is 0 Å². The first-order valence-corrected chi connectivity index (χ1v) is 10.4. The van der Waals surface area contributed by atoms with Crippen LogP contribution in [0.5, 0.6) is 0 Å². The molecule has 2 rings (SSSR count). The average Bonchev–Trinajstić information content (AvgIpc) is 3.03. The second-order valence-electron chi connectivity index (χ2n) is 6.69. The summed E-state index contributed by atoms with van der Waals surface area (Å²) in [6, 6.07) is 6.39. The number of aryl methyl sites for hydroxylation is 1. The third-order valence-corrected chi connectivity index (χ3v) is 5.76. The maximum absolute atomic E-state index is 12.5. The number of hydrogen-bond acceptors (Lipinski definition) is 4. The van der Waals surface area contributed by atoms with Crippen LogP contribution < -0.4 is 15.4 Å². The summed E-state index contributed by atoms with van der Waals surface area (Å²) in [4.78, 5) is 5.57. The first-order chi connectivity index (χ1) is 13.1. The van der Waals surface area contributed by atoms with Gasteiger partial charge in [-0.2, -0.15) is 13.2 Å². The normalized spacial score (nSPS) is 18.4. The molecule has 3 N–H and O–H groups in total. The van der Waals surface area contributed by atoms with Gasteiger partial charge in [-0.25, -0.2) is 13.1 Å². The second-order valence-corrected chi connectivity index (χ2v) is 8.46. The van der Waals surface area contributed by atoms with E-state index in [1.54, 1.807) is 31.3 Å². The lowest BCUT2D eigenvalue weighted by atomic mass is 10.2. The number of nitrogens with one attached hydrogen (secondary N) is 3. The first kappa shape index (κ1) is 25.9. The minimum absolute atomic E-state index is 0. The zero-order chi connectivity index (χ0) is 20.8. The van der Waals surface area contributed by atoms with Gasteiger partial charge in [0.05, 0.1) is 11.4 Å². The number of guanidine groups is 1. The Labute approximate surface area is 186 Å².